The number of hydrogen-bond acceptors (Lipinski definition) is 5. The Hall–Kier alpha value is -2.25. The highest BCUT2D eigenvalue weighted by atomic mass is 16.6. The molecule has 0 fully saturated rings. The molecule has 0 saturated carbocycles. The van der Waals surface area contributed by atoms with Gasteiger partial charge >= 0.3 is 16.9 Å². The van der Waals surface area contributed by atoms with Crippen molar-refractivity contribution in [1.82, 2.24) is 9.13 Å². The maximum atomic E-state index is 12.2. The van der Waals surface area contributed by atoms with Gasteiger partial charge in [0, 0.05) is 13.0 Å². The van der Waals surface area contributed by atoms with Gasteiger partial charge in [0.1, 0.15) is 0 Å². The zero-order valence-electron chi connectivity index (χ0n) is 11.7. The molecular weight excluding hydrogens is 266 g/mol. The number of aryl methyl sites for hydroxylation is 1. The fourth-order valence-electron chi connectivity index (χ4n) is 1.91. The molecule has 8 nitrogen and oxygen atoms in total. The van der Waals surface area contributed by atoms with E-state index in [1.807, 2.05) is 0 Å². The van der Waals surface area contributed by atoms with Crippen LogP contribution in [0.2, 0.25) is 0 Å². The van der Waals surface area contributed by atoms with E-state index in [1.165, 1.54) is 6.92 Å². The third-order valence-corrected chi connectivity index (χ3v) is 3.03. The van der Waals surface area contributed by atoms with E-state index in [4.69, 9.17) is 0 Å². The molecule has 0 aromatic carbocycles. The van der Waals surface area contributed by atoms with Crippen LogP contribution in [0.4, 0.5) is 5.69 Å². The van der Waals surface area contributed by atoms with Gasteiger partial charge in [-0.3, -0.25) is 24.3 Å². The Balaban J connectivity index is 3.64. The lowest BCUT2D eigenvalue weighted by Crippen LogP contribution is -2.43. The highest BCUT2D eigenvalue weighted by molar-refractivity contribution is 5.81. The molecule has 0 N–H and O–H groups in total. The van der Waals surface area contributed by atoms with Gasteiger partial charge in [0.05, 0.1) is 17.2 Å². The zero-order chi connectivity index (χ0) is 15.4. The molecule has 1 aromatic rings. The smallest absolute Gasteiger partial charge is 0.297 e. The summed E-state index contributed by atoms with van der Waals surface area (Å²) in [4.78, 5) is 45.9. The molecule has 0 radical (unpaired) electrons. The highest BCUT2D eigenvalue weighted by Gasteiger charge is 2.25. The van der Waals surface area contributed by atoms with Crippen LogP contribution in [-0.2, 0) is 11.3 Å². The van der Waals surface area contributed by atoms with Crippen LogP contribution in [0.1, 0.15) is 39.7 Å². The topological polar surface area (TPSA) is 104 Å². The van der Waals surface area contributed by atoms with E-state index in [9.17, 15) is 24.5 Å². The molecule has 0 saturated heterocycles. The number of nitrogens with zero attached hydrogens (tertiary/aromatic N) is 3. The Morgan fingerprint density at radius 3 is 2.45 bits per heavy atom. The summed E-state index contributed by atoms with van der Waals surface area (Å²) in [6.45, 7) is 5.04. The predicted molar refractivity (Wildman–Crippen MR) is 71.9 cm³/mol. The number of ketones is 1. The van der Waals surface area contributed by atoms with Crippen LogP contribution in [0.15, 0.2) is 15.8 Å². The summed E-state index contributed by atoms with van der Waals surface area (Å²) in [6, 6.07) is -1.01. The molecule has 1 unspecified atom stereocenters. The second-order valence-corrected chi connectivity index (χ2v) is 4.42. The first-order chi connectivity index (χ1) is 9.34. The molecule has 20 heavy (non-hydrogen) atoms. The average molecular weight is 283 g/mol. The summed E-state index contributed by atoms with van der Waals surface area (Å²) in [5, 5.41) is 10.9. The quantitative estimate of drug-likeness (QED) is 0.569. The maximum Gasteiger partial charge on any atom is 0.350 e. The second kappa shape index (κ2) is 6.27. The van der Waals surface area contributed by atoms with E-state index in [2.05, 4.69) is 0 Å². The van der Waals surface area contributed by atoms with Crippen molar-refractivity contribution in [3.63, 3.8) is 0 Å². The molecule has 1 rings (SSSR count). The van der Waals surface area contributed by atoms with Crippen LogP contribution < -0.4 is 11.2 Å². The van der Waals surface area contributed by atoms with Crippen LogP contribution in [0.3, 0.4) is 0 Å². The van der Waals surface area contributed by atoms with E-state index in [-0.39, 0.29) is 18.7 Å². The standard InChI is InChI=1S/C12H17N3O5/c1-4-6-13-7-9(15(19)20)11(17)14(12(13)18)8(3)10(16)5-2/h7-8H,4-6H2,1-3H3. The summed E-state index contributed by atoms with van der Waals surface area (Å²) >= 11 is 0. The molecule has 8 heteroatoms. The number of hydrogen-bond donors (Lipinski definition) is 0. The summed E-state index contributed by atoms with van der Waals surface area (Å²) in [6.07, 6.45) is 1.66. The fraction of sp³-hybridized carbons (Fsp3) is 0.583. The summed E-state index contributed by atoms with van der Waals surface area (Å²) < 4.78 is 1.76. The molecular formula is C12H17N3O5. The Labute approximate surface area is 114 Å². The van der Waals surface area contributed by atoms with Gasteiger partial charge in [-0.1, -0.05) is 13.8 Å². The maximum absolute atomic E-state index is 12.2. The van der Waals surface area contributed by atoms with E-state index >= 15 is 0 Å². The minimum atomic E-state index is -1.04. The van der Waals surface area contributed by atoms with E-state index in [0.717, 1.165) is 10.8 Å². The van der Waals surface area contributed by atoms with Crippen LogP contribution in [-0.4, -0.2) is 19.8 Å². The molecule has 0 amide bonds. The third-order valence-electron chi connectivity index (χ3n) is 3.03. The number of rotatable bonds is 6. The van der Waals surface area contributed by atoms with Gasteiger partial charge in [-0.15, -0.1) is 0 Å². The van der Waals surface area contributed by atoms with Crippen molar-refractivity contribution < 1.29 is 9.72 Å². The number of aromatic nitrogens is 2. The fourth-order valence-corrected chi connectivity index (χ4v) is 1.91. The van der Waals surface area contributed by atoms with Gasteiger partial charge < -0.3 is 0 Å². The van der Waals surface area contributed by atoms with Crippen molar-refractivity contribution in [1.29, 1.82) is 0 Å². The van der Waals surface area contributed by atoms with Gasteiger partial charge in [0.2, 0.25) is 0 Å². The van der Waals surface area contributed by atoms with Crippen molar-refractivity contribution in [2.75, 3.05) is 0 Å². The lowest BCUT2D eigenvalue weighted by molar-refractivity contribution is -0.387. The SMILES string of the molecule is CCCn1cc([N+](=O)[O-])c(=O)n(C(C)C(=O)CC)c1=O. The predicted octanol–water partition coefficient (Wildman–Crippen LogP) is 0.868. The molecule has 0 aliphatic rings. The van der Waals surface area contributed by atoms with Gasteiger partial charge in [-0.2, -0.15) is 0 Å². The van der Waals surface area contributed by atoms with E-state index in [0.29, 0.717) is 11.0 Å². The monoisotopic (exact) mass is 283 g/mol. The number of nitro groups is 1. The Kier molecular flexibility index (Phi) is 4.95. The van der Waals surface area contributed by atoms with Crippen LogP contribution >= 0.6 is 0 Å². The van der Waals surface area contributed by atoms with Crippen LogP contribution in [0, 0.1) is 10.1 Å². The molecule has 0 spiro atoms. The number of carbonyl (C=O) groups excluding carboxylic acids is 1. The molecule has 0 aliphatic heterocycles. The molecule has 1 aromatic heterocycles. The third kappa shape index (κ3) is 2.84. The van der Waals surface area contributed by atoms with Gasteiger partial charge in [-0.25, -0.2) is 9.36 Å². The first kappa shape index (κ1) is 15.8. The van der Waals surface area contributed by atoms with Gasteiger partial charge in [0.15, 0.2) is 5.78 Å². The summed E-state index contributed by atoms with van der Waals surface area (Å²) in [5.41, 5.74) is -2.44. The van der Waals surface area contributed by atoms with Crippen molar-refractivity contribution in [2.24, 2.45) is 0 Å². The molecule has 1 atom stereocenters. The van der Waals surface area contributed by atoms with Crippen LogP contribution in [0.5, 0.6) is 0 Å². The van der Waals surface area contributed by atoms with Crippen molar-refractivity contribution in [3.05, 3.63) is 37.1 Å². The van der Waals surface area contributed by atoms with Gasteiger partial charge in [-0.05, 0) is 13.3 Å². The zero-order valence-corrected chi connectivity index (χ0v) is 11.7. The highest BCUT2D eigenvalue weighted by Crippen LogP contribution is 2.08. The lowest BCUT2D eigenvalue weighted by Gasteiger charge is -2.14. The van der Waals surface area contributed by atoms with E-state index < -0.39 is 27.9 Å². The molecule has 0 bridgehead atoms. The van der Waals surface area contributed by atoms with Crippen molar-refractivity contribution in [2.45, 2.75) is 46.2 Å². The number of carbonyl (C=O) groups is 1. The summed E-state index contributed by atoms with van der Waals surface area (Å²) in [5.74, 6) is -0.326. The number of Topliss-reactive ketones (excluding diaryl/α,β-unsaturated/α-hetero) is 1. The Morgan fingerprint density at radius 2 is 2.00 bits per heavy atom. The van der Waals surface area contributed by atoms with Crippen molar-refractivity contribution >= 4 is 11.5 Å². The first-order valence-corrected chi connectivity index (χ1v) is 6.38. The van der Waals surface area contributed by atoms with Crippen LogP contribution in [0.25, 0.3) is 0 Å². The summed E-state index contributed by atoms with van der Waals surface area (Å²) in [7, 11) is 0. The Bertz CT molecular complexity index is 643. The average Bonchev–Trinajstić information content (AvgIpc) is 2.40. The van der Waals surface area contributed by atoms with Crippen molar-refractivity contribution in [3.8, 4) is 0 Å². The van der Waals surface area contributed by atoms with Gasteiger partial charge in [0.25, 0.3) is 0 Å². The normalized spacial score (nSPS) is 12.2. The largest absolute Gasteiger partial charge is 0.350 e. The Morgan fingerprint density at radius 1 is 1.40 bits per heavy atom. The molecule has 1 heterocycles. The van der Waals surface area contributed by atoms with E-state index in [1.54, 1.807) is 13.8 Å². The minimum Gasteiger partial charge on any atom is -0.297 e. The molecule has 0 aliphatic carbocycles. The first-order valence-electron chi connectivity index (χ1n) is 6.38. The second-order valence-electron chi connectivity index (χ2n) is 4.42. The lowest BCUT2D eigenvalue weighted by atomic mass is 10.1. The molecule has 110 valence electrons. The minimum absolute atomic E-state index is 0.142.